The first kappa shape index (κ1) is 29.2. The van der Waals surface area contributed by atoms with E-state index in [4.69, 9.17) is 4.74 Å². The van der Waals surface area contributed by atoms with E-state index in [0.717, 1.165) is 45.5 Å². The fourth-order valence-electron chi connectivity index (χ4n) is 5.53. The molecule has 1 saturated heterocycles. The second-order valence-corrected chi connectivity index (χ2v) is 9.90. The number of ketones is 1. The number of nitrogens with one attached hydrogen (secondary N) is 1. The molecule has 0 aliphatic carbocycles. The first-order chi connectivity index (χ1) is 19.9. The van der Waals surface area contributed by atoms with Crippen molar-refractivity contribution >= 4 is 29.9 Å². The lowest BCUT2D eigenvalue weighted by Crippen LogP contribution is -2.38. The number of esters is 1. The largest absolute Gasteiger partial charge is 0.466 e. The minimum absolute atomic E-state index is 0.0106. The summed E-state index contributed by atoms with van der Waals surface area (Å²) in [4.78, 5) is 40.5. The van der Waals surface area contributed by atoms with Gasteiger partial charge in [-0.05, 0) is 36.4 Å². The minimum atomic E-state index is -1.14. The molecule has 2 aliphatic rings. The molecule has 0 amide bonds. The Labute approximate surface area is 236 Å². The number of nitro groups is 1. The molecule has 2 aromatic rings. The maximum Gasteiger partial charge on any atom is 0.336 e. The van der Waals surface area contributed by atoms with E-state index < -0.39 is 16.8 Å². The second kappa shape index (κ2) is 13.5. The smallest absolute Gasteiger partial charge is 0.336 e. The van der Waals surface area contributed by atoms with Crippen LogP contribution in [0.5, 0.6) is 0 Å². The van der Waals surface area contributed by atoms with Gasteiger partial charge >= 0.3 is 5.97 Å². The normalized spacial score (nSPS) is 19.9. The first-order valence-electron chi connectivity index (χ1n) is 13.1. The molecule has 0 spiro atoms. The van der Waals surface area contributed by atoms with Gasteiger partial charge in [-0.1, -0.05) is 52.8 Å². The van der Waals surface area contributed by atoms with Gasteiger partial charge in [0.05, 0.1) is 41.4 Å². The average molecular weight is 562 g/mol. The summed E-state index contributed by atoms with van der Waals surface area (Å²) in [7, 11) is 1.16. The number of Topliss-reactive ketones (excluding diaryl/α,β-unsaturated/α-hetero) is 1. The van der Waals surface area contributed by atoms with E-state index in [-0.39, 0.29) is 51.9 Å². The summed E-state index contributed by atoms with van der Waals surface area (Å²) in [5, 5.41) is 39.2. The molecule has 12 heteroatoms. The van der Waals surface area contributed by atoms with Gasteiger partial charge in [0, 0.05) is 43.1 Å². The third-order valence-electron chi connectivity index (χ3n) is 7.25. The summed E-state index contributed by atoms with van der Waals surface area (Å²) in [6, 6.07) is 15.6. The van der Waals surface area contributed by atoms with Gasteiger partial charge in [0.25, 0.3) is 5.69 Å². The Balaban J connectivity index is 1.74. The maximum atomic E-state index is 14.1. The van der Waals surface area contributed by atoms with Crippen LogP contribution in [0, 0.1) is 16.0 Å². The Kier molecular flexibility index (Phi) is 9.59. The monoisotopic (exact) mass is 561 g/mol. The summed E-state index contributed by atoms with van der Waals surface area (Å²) < 4.78 is 5.00. The number of piperidine rings is 1. The van der Waals surface area contributed by atoms with Crippen molar-refractivity contribution in [3.8, 4) is 0 Å². The quantitative estimate of drug-likeness (QED) is 0.129. The zero-order valence-corrected chi connectivity index (χ0v) is 22.5. The molecule has 12 nitrogen and oxygen atoms in total. The lowest BCUT2D eigenvalue weighted by atomic mass is 9.76. The zero-order chi connectivity index (χ0) is 29.4. The molecule has 0 radical (unpaired) electrons. The number of likely N-dealkylation sites (tertiary alicyclic amines) is 1. The minimum Gasteiger partial charge on any atom is -0.466 e. The van der Waals surface area contributed by atoms with E-state index in [9.17, 15) is 30.1 Å². The van der Waals surface area contributed by atoms with Gasteiger partial charge in [-0.2, -0.15) is 0 Å². The van der Waals surface area contributed by atoms with E-state index in [0.29, 0.717) is 6.54 Å². The number of methoxy groups -OCH3 is 1. The summed E-state index contributed by atoms with van der Waals surface area (Å²) in [6.07, 6.45) is 3.83. The van der Waals surface area contributed by atoms with E-state index in [1.165, 1.54) is 23.8 Å². The number of carbonyl (C=O) groups is 2. The van der Waals surface area contributed by atoms with Crippen LogP contribution >= 0.6 is 0 Å². The summed E-state index contributed by atoms with van der Waals surface area (Å²) >= 11 is 0. The molecule has 41 heavy (non-hydrogen) atoms. The van der Waals surface area contributed by atoms with Crippen LogP contribution in [0.25, 0.3) is 0 Å². The van der Waals surface area contributed by atoms with Crippen molar-refractivity contribution in [2.45, 2.75) is 31.7 Å². The predicted molar refractivity (Wildman–Crippen MR) is 150 cm³/mol. The molecule has 0 aromatic heterocycles. The number of non-ortho nitro benzene ring substituents is 1. The highest BCUT2D eigenvalue weighted by atomic mass is 16.6. The molecule has 2 aromatic carbocycles. The Morgan fingerprint density at radius 1 is 1.10 bits per heavy atom. The van der Waals surface area contributed by atoms with Crippen molar-refractivity contribution < 1.29 is 29.7 Å². The Morgan fingerprint density at radius 3 is 2.46 bits per heavy atom. The highest BCUT2D eigenvalue weighted by Gasteiger charge is 2.39. The highest BCUT2D eigenvalue weighted by molar-refractivity contribution is 6.09. The standard InChI is InChI=1S/C29H31N5O7/c1-41-29(36)28-24(16-31-38)32-23(15-30-37)27(26(28)21-10-5-11-22(14-21)34(39)40)25(35)13-20-9-6-12-33(18-20)17-19-7-3-2-4-8-19/h2-5,7-8,10-11,14-16,20,26,32,37-38H,6,9,12-13,17-18H2,1H3/b30-15+,31-16+/t20-,26-/m0/s1. The SMILES string of the molecule is COC(=O)C1=C(/C=N/O)NC(/C=N/O)=C(C(=O)C[C@@H]2CCCN(Cc3ccccc3)C2)[C@@H]1c1cccc([N+](=O)[O-])c1. The Hall–Kier alpha value is -4.84. The number of ether oxygens (including phenoxy) is 1. The van der Waals surface area contributed by atoms with Gasteiger partial charge in [0.2, 0.25) is 0 Å². The zero-order valence-electron chi connectivity index (χ0n) is 22.5. The lowest BCUT2D eigenvalue weighted by Gasteiger charge is -2.34. The molecule has 2 aliphatic heterocycles. The number of oxime groups is 2. The van der Waals surface area contributed by atoms with Gasteiger partial charge in [-0.25, -0.2) is 4.79 Å². The van der Waals surface area contributed by atoms with E-state index in [1.807, 2.05) is 18.2 Å². The van der Waals surface area contributed by atoms with Crippen LogP contribution < -0.4 is 5.32 Å². The molecular weight excluding hydrogens is 530 g/mol. The van der Waals surface area contributed by atoms with Crippen LogP contribution in [-0.2, 0) is 20.9 Å². The van der Waals surface area contributed by atoms with Crippen molar-refractivity contribution in [3.05, 3.63) is 98.4 Å². The maximum absolute atomic E-state index is 14.1. The molecule has 2 heterocycles. The van der Waals surface area contributed by atoms with Crippen molar-refractivity contribution in [1.82, 2.24) is 10.2 Å². The molecule has 4 rings (SSSR count). The number of benzene rings is 2. The number of nitrogens with zero attached hydrogens (tertiary/aromatic N) is 4. The van der Waals surface area contributed by atoms with Crippen LogP contribution in [0.3, 0.4) is 0 Å². The molecule has 3 N–H and O–H groups in total. The van der Waals surface area contributed by atoms with Gasteiger partial charge in [-0.15, -0.1) is 0 Å². The number of rotatable bonds is 10. The van der Waals surface area contributed by atoms with E-state index in [1.54, 1.807) is 6.07 Å². The molecular formula is C29H31N5O7. The first-order valence-corrected chi connectivity index (χ1v) is 13.1. The predicted octanol–water partition coefficient (Wildman–Crippen LogP) is 3.75. The summed E-state index contributed by atoms with van der Waals surface area (Å²) in [6.45, 7) is 2.35. The van der Waals surface area contributed by atoms with Crippen molar-refractivity contribution in [1.29, 1.82) is 0 Å². The van der Waals surface area contributed by atoms with Crippen molar-refractivity contribution in [2.24, 2.45) is 16.2 Å². The Bertz CT molecular complexity index is 1420. The van der Waals surface area contributed by atoms with E-state index in [2.05, 4.69) is 32.7 Å². The molecule has 0 bridgehead atoms. The lowest BCUT2D eigenvalue weighted by molar-refractivity contribution is -0.384. The summed E-state index contributed by atoms with van der Waals surface area (Å²) in [5.41, 5.74) is 1.25. The fourth-order valence-corrected chi connectivity index (χ4v) is 5.53. The average Bonchev–Trinajstić information content (AvgIpc) is 2.97. The van der Waals surface area contributed by atoms with Gasteiger partial charge in [0.1, 0.15) is 0 Å². The topological polar surface area (TPSA) is 167 Å². The van der Waals surface area contributed by atoms with Crippen LogP contribution in [0.1, 0.15) is 36.3 Å². The van der Waals surface area contributed by atoms with Crippen LogP contribution in [0.2, 0.25) is 0 Å². The number of carbonyl (C=O) groups excluding carboxylic acids is 2. The number of hydrogen-bond donors (Lipinski definition) is 3. The number of dihydropyridines is 1. The van der Waals surface area contributed by atoms with Crippen LogP contribution in [0.4, 0.5) is 5.69 Å². The third-order valence-corrected chi connectivity index (χ3v) is 7.25. The van der Waals surface area contributed by atoms with Gasteiger partial charge < -0.3 is 20.5 Å². The fraction of sp³-hybridized carbons (Fsp3) is 0.310. The summed E-state index contributed by atoms with van der Waals surface area (Å²) in [5.74, 6) is -2.28. The van der Waals surface area contributed by atoms with Crippen molar-refractivity contribution in [3.63, 3.8) is 0 Å². The molecule has 0 unspecified atom stereocenters. The third kappa shape index (κ3) is 6.84. The van der Waals surface area contributed by atoms with Gasteiger partial charge in [-0.3, -0.25) is 19.8 Å². The van der Waals surface area contributed by atoms with Gasteiger partial charge in [0.15, 0.2) is 5.78 Å². The molecule has 2 atom stereocenters. The number of hydrogen-bond acceptors (Lipinski definition) is 11. The molecule has 214 valence electrons. The van der Waals surface area contributed by atoms with E-state index >= 15 is 0 Å². The number of nitro benzene ring substituents is 1. The molecule has 1 fully saturated rings. The van der Waals surface area contributed by atoms with Crippen molar-refractivity contribution in [2.75, 3.05) is 20.2 Å². The second-order valence-electron chi connectivity index (χ2n) is 9.90. The molecule has 0 saturated carbocycles. The Morgan fingerprint density at radius 2 is 1.80 bits per heavy atom. The van der Waals surface area contributed by atoms with Crippen LogP contribution in [-0.4, -0.2) is 64.6 Å². The number of allylic oxidation sites excluding steroid dienone is 3. The van der Waals surface area contributed by atoms with Crippen LogP contribution in [0.15, 0.2) is 87.4 Å². The highest BCUT2D eigenvalue weighted by Crippen LogP contribution is 2.41.